The molecule has 0 saturated carbocycles. The Morgan fingerprint density at radius 2 is 2.07 bits per heavy atom. The van der Waals surface area contributed by atoms with Crippen molar-refractivity contribution in [3.8, 4) is 10.4 Å². The highest BCUT2D eigenvalue weighted by molar-refractivity contribution is 7.18. The lowest BCUT2D eigenvalue weighted by molar-refractivity contribution is 0.160. The van der Waals surface area contributed by atoms with E-state index in [1.807, 2.05) is 30.6 Å². The first-order valence-electron chi connectivity index (χ1n) is 9.25. The largest absolute Gasteiger partial charge is 0.395 e. The van der Waals surface area contributed by atoms with Gasteiger partial charge in [-0.3, -0.25) is 4.98 Å². The van der Waals surface area contributed by atoms with Crippen molar-refractivity contribution in [3.05, 3.63) is 54.6 Å². The fourth-order valence-electron chi connectivity index (χ4n) is 3.46. The zero-order valence-corrected chi connectivity index (χ0v) is 15.9. The minimum absolute atomic E-state index is 0.202. The Balaban J connectivity index is 1.46. The van der Waals surface area contributed by atoms with Gasteiger partial charge in [-0.2, -0.15) is 0 Å². The SMILES string of the molecule is OCCN1CCCC(c2cncc(Nc3ncc(-c4ccccc4)s3)n2)C1. The molecule has 27 heavy (non-hydrogen) atoms. The number of anilines is 2. The highest BCUT2D eigenvalue weighted by Crippen LogP contribution is 2.31. The molecule has 0 aliphatic carbocycles. The van der Waals surface area contributed by atoms with E-state index < -0.39 is 0 Å². The summed E-state index contributed by atoms with van der Waals surface area (Å²) in [4.78, 5) is 17.0. The van der Waals surface area contributed by atoms with Gasteiger partial charge in [-0.25, -0.2) is 9.97 Å². The van der Waals surface area contributed by atoms with Crippen LogP contribution in [0.1, 0.15) is 24.5 Å². The van der Waals surface area contributed by atoms with Crippen LogP contribution in [0.2, 0.25) is 0 Å². The molecule has 2 N–H and O–H groups in total. The summed E-state index contributed by atoms with van der Waals surface area (Å²) in [6.45, 7) is 2.90. The van der Waals surface area contributed by atoms with E-state index in [9.17, 15) is 5.11 Å². The fourth-order valence-corrected chi connectivity index (χ4v) is 4.29. The van der Waals surface area contributed by atoms with E-state index in [-0.39, 0.29) is 6.61 Å². The predicted octanol–water partition coefficient (Wildman–Crippen LogP) is 3.52. The predicted molar refractivity (Wildman–Crippen MR) is 108 cm³/mol. The molecule has 0 radical (unpaired) electrons. The van der Waals surface area contributed by atoms with Gasteiger partial charge in [0.25, 0.3) is 0 Å². The molecular weight excluding hydrogens is 358 g/mol. The smallest absolute Gasteiger partial charge is 0.188 e. The normalized spacial score (nSPS) is 17.7. The second-order valence-electron chi connectivity index (χ2n) is 6.71. The monoisotopic (exact) mass is 381 g/mol. The molecular formula is C20H23N5OS. The number of hydrogen-bond acceptors (Lipinski definition) is 7. The maximum Gasteiger partial charge on any atom is 0.188 e. The number of piperidine rings is 1. The van der Waals surface area contributed by atoms with Crippen LogP contribution in [0.3, 0.4) is 0 Å². The molecule has 0 bridgehead atoms. The first kappa shape index (κ1) is 18.0. The standard InChI is InChI=1S/C20H23N5OS/c26-10-9-25-8-4-7-16(14-25)17-11-21-13-19(23-17)24-20-22-12-18(27-20)15-5-2-1-3-6-15/h1-3,5-6,11-13,16,26H,4,7-10,14H2,(H,22,23,24). The number of aromatic nitrogens is 3. The Kier molecular flexibility index (Phi) is 5.72. The Bertz CT molecular complexity index is 868. The second kappa shape index (κ2) is 8.56. The van der Waals surface area contributed by atoms with Gasteiger partial charge in [0.05, 0.1) is 23.4 Å². The van der Waals surface area contributed by atoms with Gasteiger partial charge in [0.1, 0.15) is 0 Å². The molecule has 2 aromatic heterocycles. The molecule has 1 fully saturated rings. The molecule has 1 atom stereocenters. The number of aliphatic hydroxyl groups is 1. The Morgan fingerprint density at radius 3 is 2.93 bits per heavy atom. The minimum Gasteiger partial charge on any atom is -0.395 e. The van der Waals surface area contributed by atoms with Crippen LogP contribution in [0.25, 0.3) is 10.4 Å². The van der Waals surface area contributed by atoms with Crippen molar-refractivity contribution < 1.29 is 5.11 Å². The number of nitrogens with one attached hydrogen (secondary N) is 1. The van der Waals surface area contributed by atoms with Gasteiger partial charge in [0, 0.05) is 31.4 Å². The number of benzene rings is 1. The third-order valence-electron chi connectivity index (χ3n) is 4.79. The maximum absolute atomic E-state index is 9.18. The van der Waals surface area contributed by atoms with E-state index in [4.69, 9.17) is 4.98 Å². The summed E-state index contributed by atoms with van der Waals surface area (Å²) in [5, 5.41) is 13.3. The molecule has 3 heterocycles. The molecule has 1 aliphatic rings. The molecule has 6 nitrogen and oxygen atoms in total. The fraction of sp³-hybridized carbons (Fsp3) is 0.350. The Morgan fingerprint density at radius 1 is 1.19 bits per heavy atom. The number of aliphatic hydroxyl groups excluding tert-OH is 1. The summed E-state index contributed by atoms with van der Waals surface area (Å²) < 4.78 is 0. The highest BCUT2D eigenvalue weighted by Gasteiger charge is 2.22. The van der Waals surface area contributed by atoms with Crippen LogP contribution in [0.5, 0.6) is 0 Å². The topological polar surface area (TPSA) is 74.2 Å². The first-order chi connectivity index (χ1) is 13.3. The Labute approximate surface area is 162 Å². The molecule has 3 aromatic rings. The van der Waals surface area contributed by atoms with Crippen LogP contribution in [0.4, 0.5) is 10.9 Å². The quantitative estimate of drug-likeness (QED) is 0.681. The summed E-state index contributed by atoms with van der Waals surface area (Å²) in [6, 6.07) is 10.2. The van der Waals surface area contributed by atoms with Gasteiger partial charge in [0.15, 0.2) is 10.9 Å². The summed E-state index contributed by atoms with van der Waals surface area (Å²) in [6.07, 6.45) is 7.71. The third-order valence-corrected chi connectivity index (χ3v) is 5.75. The number of β-amino-alcohol motifs (C(OH)–C–C–N with tert-alkyl or cyclic N) is 1. The average molecular weight is 382 g/mol. The van der Waals surface area contributed by atoms with E-state index in [1.165, 1.54) is 0 Å². The van der Waals surface area contributed by atoms with E-state index >= 15 is 0 Å². The highest BCUT2D eigenvalue weighted by atomic mass is 32.1. The molecule has 1 aliphatic heterocycles. The lowest BCUT2D eigenvalue weighted by Crippen LogP contribution is -2.36. The summed E-state index contributed by atoms with van der Waals surface area (Å²) >= 11 is 1.60. The van der Waals surface area contributed by atoms with Crippen LogP contribution < -0.4 is 5.32 Å². The number of rotatable bonds is 6. The summed E-state index contributed by atoms with van der Waals surface area (Å²) in [5.41, 5.74) is 2.16. The van der Waals surface area contributed by atoms with Gasteiger partial charge >= 0.3 is 0 Å². The number of hydrogen-bond donors (Lipinski definition) is 2. The number of likely N-dealkylation sites (tertiary alicyclic amines) is 1. The molecule has 0 amide bonds. The van der Waals surface area contributed by atoms with E-state index in [1.54, 1.807) is 17.5 Å². The minimum atomic E-state index is 0.202. The first-order valence-corrected chi connectivity index (χ1v) is 10.1. The Hall–Kier alpha value is -2.35. The molecule has 1 saturated heterocycles. The average Bonchev–Trinajstić information content (AvgIpc) is 3.18. The van der Waals surface area contributed by atoms with Gasteiger partial charge in [-0.05, 0) is 24.9 Å². The molecule has 0 spiro atoms. The van der Waals surface area contributed by atoms with Gasteiger partial charge < -0.3 is 15.3 Å². The van der Waals surface area contributed by atoms with Crippen LogP contribution in [0, 0.1) is 0 Å². The molecule has 1 unspecified atom stereocenters. The number of nitrogens with zero attached hydrogens (tertiary/aromatic N) is 4. The maximum atomic E-state index is 9.18. The van der Waals surface area contributed by atoms with E-state index in [2.05, 4.69) is 32.3 Å². The molecule has 4 rings (SSSR count). The van der Waals surface area contributed by atoms with Crippen LogP contribution in [0.15, 0.2) is 48.9 Å². The number of thiazole rings is 1. The van der Waals surface area contributed by atoms with Crippen molar-refractivity contribution in [2.45, 2.75) is 18.8 Å². The lowest BCUT2D eigenvalue weighted by Gasteiger charge is -2.31. The van der Waals surface area contributed by atoms with Crippen molar-refractivity contribution in [2.24, 2.45) is 0 Å². The van der Waals surface area contributed by atoms with Gasteiger partial charge in [0.2, 0.25) is 0 Å². The zero-order valence-electron chi connectivity index (χ0n) is 15.1. The van der Waals surface area contributed by atoms with Crippen molar-refractivity contribution >= 4 is 22.3 Å². The second-order valence-corrected chi connectivity index (χ2v) is 7.74. The van der Waals surface area contributed by atoms with Crippen molar-refractivity contribution in [3.63, 3.8) is 0 Å². The van der Waals surface area contributed by atoms with E-state index in [0.29, 0.717) is 5.92 Å². The lowest BCUT2D eigenvalue weighted by atomic mass is 9.95. The molecule has 140 valence electrons. The zero-order chi connectivity index (χ0) is 18.5. The van der Waals surface area contributed by atoms with Gasteiger partial charge in [-0.15, -0.1) is 0 Å². The molecule has 7 heteroatoms. The van der Waals surface area contributed by atoms with Crippen molar-refractivity contribution in [2.75, 3.05) is 31.6 Å². The summed E-state index contributed by atoms with van der Waals surface area (Å²) in [5.74, 6) is 1.08. The van der Waals surface area contributed by atoms with Crippen LogP contribution in [-0.2, 0) is 0 Å². The van der Waals surface area contributed by atoms with Crippen molar-refractivity contribution in [1.82, 2.24) is 19.9 Å². The third kappa shape index (κ3) is 4.50. The van der Waals surface area contributed by atoms with E-state index in [0.717, 1.165) is 59.6 Å². The van der Waals surface area contributed by atoms with Crippen LogP contribution in [-0.4, -0.2) is 51.2 Å². The van der Waals surface area contributed by atoms with Gasteiger partial charge in [-0.1, -0.05) is 41.7 Å². The van der Waals surface area contributed by atoms with Crippen LogP contribution >= 0.6 is 11.3 Å². The van der Waals surface area contributed by atoms with Crippen molar-refractivity contribution in [1.29, 1.82) is 0 Å². The summed E-state index contributed by atoms with van der Waals surface area (Å²) in [7, 11) is 0. The molecule has 1 aromatic carbocycles.